The quantitative estimate of drug-likeness (QED) is 0.0687. The molecule has 44 heavy (non-hydrogen) atoms. The molecule has 6 atom stereocenters. The van der Waals surface area contributed by atoms with Gasteiger partial charge in [-0.3, -0.25) is 9.59 Å². The van der Waals surface area contributed by atoms with Crippen LogP contribution in [-0.4, -0.2) is 65.7 Å². The summed E-state index contributed by atoms with van der Waals surface area (Å²) in [5.41, 5.74) is 0.517. The Morgan fingerprint density at radius 3 is 2.61 bits per heavy atom. The molecule has 3 rings (SSSR count). The number of hydrogen-bond donors (Lipinski definition) is 2. The topological polar surface area (TPSA) is 102 Å². The van der Waals surface area contributed by atoms with E-state index < -0.39 is 36.4 Å². The van der Waals surface area contributed by atoms with E-state index in [0.717, 1.165) is 38.5 Å². The van der Waals surface area contributed by atoms with Crippen molar-refractivity contribution in [3.05, 3.63) is 48.0 Å². The van der Waals surface area contributed by atoms with Crippen LogP contribution >= 0.6 is 0 Å². The summed E-state index contributed by atoms with van der Waals surface area (Å²) in [4.78, 5) is 24.0. The third-order valence-electron chi connectivity index (χ3n) is 8.79. The monoisotopic (exact) mass is 622 g/mol. The van der Waals surface area contributed by atoms with Gasteiger partial charge in [-0.15, -0.1) is 0 Å². The zero-order chi connectivity index (χ0) is 31.8. The van der Waals surface area contributed by atoms with Crippen LogP contribution in [-0.2, 0) is 19.0 Å². The molecule has 1 aliphatic heterocycles. The van der Waals surface area contributed by atoms with E-state index in [-0.39, 0.29) is 50.0 Å². The van der Waals surface area contributed by atoms with Crippen molar-refractivity contribution in [1.82, 2.24) is 0 Å². The Balaban J connectivity index is 1.41. The van der Waals surface area contributed by atoms with Gasteiger partial charge in [-0.1, -0.05) is 62.2 Å². The number of carbonyl (C=O) groups excluding carboxylic acids is 2. The van der Waals surface area contributed by atoms with Crippen molar-refractivity contribution in [2.75, 3.05) is 13.2 Å². The molecular formula is C35H52F2O7. The Kier molecular flexibility index (Phi) is 15.9. The van der Waals surface area contributed by atoms with Gasteiger partial charge >= 0.3 is 5.97 Å². The van der Waals surface area contributed by atoms with Crippen molar-refractivity contribution in [2.24, 2.45) is 11.8 Å². The molecule has 1 saturated heterocycles. The van der Waals surface area contributed by atoms with Crippen molar-refractivity contribution in [3.63, 3.8) is 0 Å². The van der Waals surface area contributed by atoms with Crippen molar-refractivity contribution >= 4 is 11.8 Å². The van der Waals surface area contributed by atoms with Crippen LogP contribution in [0.3, 0.4) is 0 Å². The second-order valence-electron chi connectivity index (χ2n) is 12.3. The highest BCUT2D eigenvalue weighted by atomic mass is 19.3. The van der Waals surface area contributed by atoms with Gasteiger partial charge in [0.15, 0.2) is 18.7 Å². The van der Waals surface area contributed by atoms with Crippen LogP contribution in [0.5, 0.6) is 0 Å². The number of rotatable bonds is 20. The molecule has 248 valence electrons. The number of ether oxygens (including phenoxy) is 3. The largest absolute Gasteiger partial charge is 0.457 e. The maximum absolute atomic E-state index is 14.4. The first-order chi connectivity index (χ1) is 21.2. The molecule has 7 nitrogen and oxygen atoms in total. The van der Waals surface area contributed by atoms with Gasteiger partial charge in [0.2, 0.25) is 5.92 Å². The normalized spacial score (nSPS) is 24.9. The predicted molar refractivity (Wildman–Crippen MR) is 164 cm³/mol. The Bertz CT molecular complexity index is 996. The van der Waals surface area contributed by atoms with Crippen LogP contribution < -0.4 is 0 Å². The number of hydrogen-bond acceptors (Lipinski definition) is 7. The fraction of sp³-hybridized carbons (Fsp3) is 0.714. The number of unbranched alkanes of at least 4 members (excludes halogenated alkanes) is 4. The van der Waals surface area contributed by atoms with Gasteiger partial charge in [-0.05, 0) is 63.7 Å². The van der Waals surface area contributed by atoms with E-state index in [2.05, 4.69) is 0 Å². The maximum atomic E-state index is 14.4. The molecule has 1 aromatic carbocycles. The minimum atomic E-state index is -2.82. The minimum absolute atomic E-state index is 0.0391. The molecular weight excluding hydrogens is 570 g/mol. The molecule has 0 spiro atoms. The fourth-order valence-corrected chi connectivity index (χ4v) is 6.23. The lowest BCUT2D eigenvalue weighted by Gasteiger charge is -2.33. The van der Waals surface area contributed by atoms with E-state index in [9.17, 15) is 28.6 Å². The average molecular weight is 623 g/mol. The van der Waals surface area contributed by atoms with Crippen LogP contribution in [0.1, 0.15) is 114 Å². The molecule has 2 unspecified atom stereocenters. The van der Waals surface area contributed by atoms with Crippen molar-refractivity contribution in [1.29, 1.82) is 0 Å². The molecule has 1 aromatic rings. The lowest BCUT2D eigenvalue weighted by atomic mass is 9.83. The molecule has 1 saturated carbocycles. The molecule has 0 radical (unpaired) electrons. The number of Topliss-reactive ketones (excluding diaryl/α,β-unsaturated/α-hetero) is 1. The number of allylic oxidation sites excluding steroid dienone is 2. The Morgan fingerprint density at radius 1 is 1.09 bits per heavy atom. The van der Waals surface area contributed by atoms with Crippen LogP contribution in [0.2, 0.25) is 0 Å². The van der Waals surface area contributed by atoms with Crippen LogP contribution in [0.15, 0.2) is 42.5 Å². The molecule has 0 aromatic heterocycles. The molecule has 0 bridgehead atoms. The first-order valence-corrected chi connectivity index (χ1v) is 16.6. The van der Waals surface area contributed by atoms with Gasteiger partial charge in [-0.25, -0.2) is 8.78 Å². The first-order valence-electron chi connectivity index (χ1n) is 16.6. The summed E-state index contributed by atoms with van der Waals surface area (Å²) in [6, 6.07) is 8.72. The highest BCUT2D eigenvalue weighted by molar-refractivity contribution is 5.97. The third-order valence-corrected chi connectivity index (χ3v) is 8.79. The minimum Gasteiger partial charge on any atom is -0.457 e. The SMILES string of the molecule is CCCCC(F)(F)CCC(O)[C@H]1[C@@H](C/C=C\CCCCCC(=O)OCC(=O)c2ccccc2)[C@@H](O)C[C@H]1OC1CCCCO1. The summed E-state index contributed by atoms with van der Waals surface area (Å²) >= 11 is 0. The highest BCUT2D eigenvalue weighted by Crippen LogP contribution is 2.42. The van der Waals surface area contributed by atoms with Crippen LogP contribution in [0, 0.1) is 11.8 Å². The van der Waals surface area contributed by atoms with Crippen molar-refractivity contribution in [2.45, 2.75) is 134 Å². The third kappa shape index (κ3) is 12.7. The molecule has 1 aliphatic carbocycles. The maximum Gasteiger partial charge on any atom is 0.306 e. The number of benzene rings is 1. The summed E-state index contributed by atoms with van der Waals surface area (Å²) in [5, 5.41) is 22.1. The van der Waals surface area contributed by atoms with Gasteiger partial charge in [-0.2, -0.15) is 0 Å². The number of aliphatic hydroxyl groups is 2. The Morgan fingerprint density at radius 2 is 1.89 bits per heavy atom. The van der Waals surface area contributed by atoms with E-state index in [1.807, 2.05) is 25.1 Å². The lowest BCUT2D eigenvalue weighted by Crippen LogP contribution is -2.38. The Labute approximate surface area is 261 Å². The summed E-state index contributed by atoms with van der Waals surface area (Å²) in [7, 11) is 0. The van der Waals surface area contributed by atoms with E-state index in [4.69, 9.17) is 14.2 Å². The van der Waals surface area contributed by atoms with Crippen molar-refractivity contribution in [3.8, 4) is 0 Å². The van der Waals surface area contributed by atoms with E-state index in [1.54, 1.807) is 24.3 Å². The lowest BCUT2D eigenvalue weighted by molar-refractivity contribution is -0.203. The molecule has 0 amide bonds. The number of ketones is 1. The van der Waals surface area contributed by atoms with Gasteiger partial charge in [0.25, 0.3) is 0 Å². The molecule has 9 heteroatoms. The van der Waals surface area contributed by atoms with Crippen LogP contribution in [0.4, 0.5) is 8.78 Å². The zero-order valence-electron chi connectivity index (χ0n) is 26.2. The second-order valence-corrected chi connectivity index (χ2v) is 12.3. The highest BCUT2D eigenvalue weighted by Gasteiger charge is 2.47. The van der Waals surface area contributed by atoms with Gasteiger partial charge in [0.1, 0.15) is 0 Å². The number of alkyl halides is 2. The predicted octanol–water partition coefficient (Wildman–Crippen LogP) is 7.18. The summed E-state index contributed by atoms with van der Waals surface area (Å²) in [6.07, 6.45) is 8.98. The summed E-state index contributed by atoms with van der Waals surface area (Å²) in [5.74, 6) is -4.18. The summed E-state index contributed by atoms with van der Waals surface area (Å²) in [6.45, 7) is 2.24. The van der Waals surface area contributed by atoms with Gasteiger partial charge in [0, 0.05) is 43.8 Å². The number of esters is 1. The molecule has 2 aliphatic rings. The van der Waals surface area contributed by atoms with E-state index in [1.165, 1.54) is 0 Å². The molecule has 2 N–H and O–H groups in total. The average Bonchev–Trinajstić information content (AvgIpc) is 3.33. The fourth-order valence-electron chi connectivity index (χ4n) is 6.23. The van der Waals surface area contributed by atoms with Gasteiger partial charge < -0.3 is 24.4 Å². The Hall–Kier alpha value is -2.20. The van der Waals surface area contributed by atoms with Gasteiger partial charge in [0.05, 0.1) is 18.3 Å². The zero-order valence-corrected chi connectivity index (χ0v) is 26.2. The molecule has 1 heterocycles. The standard InChI is InChI=1S/C35H52F2O7/c1-2-3-21-35(36,37)22-20-28(38)34-27(29(39)24-31(34)44-33-19-13-14-23-42-33)17-11-6-4-5-7-12-18-32(41)43-25-30(40)26-15-9-8-10-16-26/h6,8-11,15-16,27-29,31,33-34,38-39H,2-5,7,12-14,17-25H2,1H3/b11-6-/t27-,28?,29-,31+,33?,34+/m0/s1. The number of carbonyl (C=O) groups is 2. The smallest absolute Gasteiger partial charge is 0.306 e. The number of aliphatic hydroxyl groups excluding tert-OH is 2. The van der Waals surface area contributed by atoms with Crippen LogP contribution in [0.25, 0.3) is 0 Å². The second kappa shape index (κ2) is 19.3. The van der Waals surface area contributed by atoms with E-state index in [0.29, 0.717) is 44.3 Å². The number of halogens is 2. The van der Waals surface area contributed by atoms with Crippen molar-refractivity contribution < 1.29 is 42.8 Å². The molecule has 2 fully saturated rings. The first kappa shape index (κ1) is 36.3. The summed E-state index contributed by atoms with van der Waals surface area (Å²) < 4.78 is 45.8. The van der Waals surface area contributed by atoms with E-state index >= 15 is 0 Å².